The molecule has 1 saturated carbocycles. The average Bonchev–Trinajstić information content (AvgIpc) is 3.34. The Morgan fingerprint density at radius 1 is 1.39 bits per heavy atom. The Kier molecular flexibility index (Phi) is 4.18. The van der Waals surface area contributed by atoms with E-state index in [-0.39, 0.29) is 18.5 Å². The highest BCUT2D eigenvalue weighted by molar-refractivity contribution is 5.80. The first-order valence-corrected chi connectivity index (χ1v) is 8.57. The molecule has 2 saturated heterocycles. The van der Waals surface area contributed by atoms with Gasteiger partial charge in [0.15, 0.2) is 0 Å². The number of pyridine rings is 1. The summed E-state index contributed by atoms with van der Waals surface area (Å²) in [5.41, 5.74) is 0.868. The lowest BCUT2D eigenvalue weighted by molar-refractivity contribution is -0.120. The van der Waals surface area contributed by atoms with Crippen LogP contribution in [0.15, 0.2) is 24.5 Å². The van der Waals surface area contributed by atoms with Crippen molar-refractivity contribution < 1.29 is 9.53 Å². The zero-order valence-electron chi connectivity index (χ0n) is 13.3. The first-order chi connectivity index (χ1) is 11.3. The number of carbonyl (C=O) groups excluding carboxylic acids is 1. The molecular formula is C17H24N4O2. The number of nitrogens with one attached hydrogen (secondary N) is 2. The van der Waals surface area contributed by atoms with E-state index in [0.717, 1.165) is 37.7 Å². The summed E-state index contributed by atoms with van der Waals surface area (Å²) in [4.78, 5) is 18.6. The van der Waals surface area contributed by atoms with Crippen LogP contribution < -0.4 is 10.6 Å². The molecule has 23 heavy (non-hydrogen) atoms. The third-order valence-corrected chi connectivity index (χ3v) is 5.07. The Morgan fingerprint density at radius 2 is 2.30 bits per heavy atom. The Hall–Kier alpha value is -1.66. The smallest absolute Gasteiger partial charge is 0.239 e. The topological polar surface area (TPSA) is 66.5 Å². The molecule has 3 heterocycles. The number of hydrogen-bond donors (Lipinski definition) is 2. The highest BCUT2D eigenvalue weighted by atomic mass is 16.5. The maximum Gasteiger partial charge on any atom is 0.239 e. The molecule has 3 fully saturated rings. The van der Waals surface area contributed by atoms with E-state index in [2.05, 4.69) is 20.5 Å². The van der Waals surface area contributed by atoms with E-state index >= 15 is 0 Å². The summed E-state index contributed by atoms with van der Waals surface area (Å²) in [6, 6.07) is 4.48. The number of fused-ring (bicyclic) bond motifs is 1. The number of carbonyl (C=O) groups is 1. The van der Waals surface area contributed by atoms with Crippen LogP contribution in [-0.4, -0.2) is 60.2 Å². The predicted octanol–water partition coefficient (Wildman–Crippen LogP) is 0.861. The first-order valence-electron chi connectivity index (χ1n) is 8.57. The Bertz CT molecular complexity index is 549. The van der Waals surface area contributed by atoms with Gasteiger partial charge in [0.2, 0.25) is 5.91 Å². The molecule has 3 atom stereocenters. The monoisotopic (exact) mass is 316 g/mol. The molecule has 2 N–H and O–H groups in total. The van der Waals surface area contributed by atoms with Gasteiger partial charge in [-0.05, 0) is 37.3 Å². The average molecular weight is 316 g/mol. The summed E-state index contributed by atoms with van der Waals surface area (Å²) in [5, 5.41) is 6.24. The van der Waals surface area contributed by atoms with Gasteiger partial charge in [0.05, 0.1) is 24.9 Å². The number of anilines is 1. The molecule has 1 aromatic heterocycles. The van der Waals surface area contributed by atoms with Gasteiger partial charge in [-0.25, -0.2) is 0 Å². The fraction of sp³-hybridized carbons (Fsp3) is 0.647. The Labute approximate surface area is 136 Å². The summed E-state index contributed by atoms with van der Waals surface area (Å²) in [6.07, 6.45) is 7.51. The molecule has 0 radical (unpaired) electrons. The number of rotatable bonds is 5. The van der Waals surface area contributed by atoms with Gasteiger partial charge in [0.1, 0.15) is 0 Å². The van der Waals surface area contributed by atoms with Gasteiger partial charge in [0.25, 0.3) is 0 Å². The fourth-order valence-corrected chi connectivity index (χ4v) is 3.69. The van der Waals surface area contributed by atoms with Crippen molar-refractivity contribution in [1.82, 2.24) is 15.2 Å². The maximum absolute atomic E-state index is 12.1. The second kappa shape index (κ2) is 6.45. The van der Waals surface area contributed by atoms with Crippen LogP contribution in [0.5, 0.6) is 0 Å². The molecule has 124 valence electrons. The number of amides is 1. The van der Waals surface area contributed by atoms with Gasteiger partial charge >= 0.3 is 0 Å². The lowest BCUT2D eigenvalue weighted by Gasteiger charge is -2.35. The van der Waals surface area contributed by atoms with Crippen molar-refractivity contribution >= 4 is 11.6 Å². The third-order valence-electron chi connectivity index (χ3n) is 5.07. The minimum atomic E-state index is 0.0401. The fourth-order valence-electron chi connectivity index (χ4n) is 3.69. The summed E-state index contributed by atoms with van der Waals surface area (Å²) in [7, 11) is 0. The van der Waals surface area contributed by atoms with Gasteiger partial charge in [-0.2, -0.15) is 0 Å². The van der Waals surface area contributed by atoms with E-state index in [0.29, 0.717) is 12.1 Å². The first kappa shape index (κ1) is 14.9. The molecule has 1 amide bonds. The van der Waals surface area contributed by atoms with Crippen LogP contribution in [0.4, 0.5) is 5.69 Å². The van der Waals surface area contributed by atoms with Gasteiger partial charge in [-0.1, -0.05) is 0 Å². The van der Waals surface area contributed by atoms with E-state index in [4.69, 9.17) is 4.74 Å². The summed E-state index contributed by atoms with van der Waals surface area (Å²) in [6.45, 7) is 3.10. The quantitative estimate of drug-likeness (QED) is 0.843. The van der Waals surface area contributed by atoms with Crippen molar-refractivity contribution in [3.05, 3.63) is 24.5 Å². The van der Waals surface area contributed by atoms with E-state index in [1.165, 1.54) is 12.8 Å². The van der Waals surface area contributed by atoms with Crippen LogP contribution in [0.1, 0.15) is 19.3 Å². The summed E-state index contributed by atoms with van der Waals surface area (Å²) >= 11 is 0. The van der Waals surface area contributed by atoms with Gasteiger partial charge in [0, 0.05) is 37.6 Å². The standard InChI is InChI=1S/C17H24N4O2/c22-17(8-19-13-2-1-5-18-7-13)20-14-6-15-11-23-16(12-3-4-12)10-21(15)9-14/h1-2,5,7,12,14-16,19H,3-4,6,8-11H2,(H,20,22)/t14-,15+,16+/m1/s1. The molecule has 3 aliphatic rings. The number of morpholine rings is 1. The van der Waals surface area contributed by atoms with Crippen molar-refractivity contribution in [3.8, 4) is 0 Å². The molecule has 2 aliphatic heterocycles. The molecule has 1 aliphatic carbocycles. The molecule has 0 spiro atoms. The maximum atomic E-state index is 12.1. The summed E-state index contributed by atoms with van der Waals surface area (Å²) in [5.74, 6) is 0.826. The largest absolute Gasteiger partial charge is 0.375 e. The molecule has 0 unspecified atom stereocenters. The van der Waals surface area contributed by atoms with Crippen LogP contribution in [0.3, 0.4) is 0 Å². The van der Waals surface area contributed by atoms with Crippen LogP contribution in [-0.2, 0) is 9.53 Å². The van der Waals surface area contributed by atoms with Crippen molar-refractivity contribution in [3.63, 3.8) is 0 Å². The number of ether oxygens (including phenoxy) is 1. The lowest BCUT2D eigenvalue weighted by Crippen LogP contribution is -2.47. The molecule has 1 aromatic rings. The second-order valence-corrected chi connectivity index (χ2v) is 6.91. The zero-order valence-corrected chi connectivity index (χ0v) is 13.3. The lowest BCUT2D eigenvalue weighted by atomic mass is 10.1. The number of nitrogens with zero attached hydrogens (tertiary/aromatic N) is 2. The molecule has 4 rings (SSSR count). The molecule has 0 aromatic carbocycles. The number of hydrogen-bond acceptors (Lipinski definition) is 5. The van der Waals surface area contributed by atoms with Crippen molar-refractivity contribution in [2.24, 2.45) is 5.92 Å². The highest BCUT2D eigenvalue weighted by Crippen LogP contribution is 2.37. The third kappa shape index (κ3) is 3.64. The van der Waals surface area contributed by atoms with Gasteiger partial charge in [-0.3, -0.25) is 14.7 Å². The van der Waals surface area contributed by atoms with Crippen molar-refractivity contribution in [2.75, 3.05) is 31.6 Å². The Balaban J connectivity index is 1.23. The van der Waals surface area contributed by atoms with Crippen LogP contribution in [0.2, 0.25) is 0 Å². The van der Waals surface area contributed by atoms with E-state index in [1.807, 2.05) is 12.1 Å². The van der Waals surface area contributed by atoms with Crippen LogP contribution in [0, 0.1) is 5.92 Å². The number of aromatic nitrogens is 1. The molecule has 0 bridgehead atoms. The van der Waals surface area contributed by atoms with E-state index in [1.54, 1.807) is 12.4 Å². The van der Waals surface area contributed by atoms with Crippen molar-refractivity contribution in [2.45, 2.75) is 37.5 Å². The van der Waals surface area contributed by atoms with Crippen LogP contribution in [0.25, 0.3) is 0 Å². The predicted molar refractivity (Wildman–Crippen MR) is 87.1 cm³/mol. The van der Waals surface area contributed by atoms with Gasteiger partial charge in [-0.15, -0.1) is 0 Å². The molecule has 6 nitrogen and oxygen atoms in total. The zero-order chi connectivity index (χ0) is 15.6. The molecule has 6 heteroatoms. The van der Waals surface area contributed by atoms with E-state index < -0.39 is 0 Å². The highest BCUT2D eigenvalue weighted by Gasteiger charge is 2.42. The molecular weight excluding hydrogens is 292 g/mol. The normalized spacial score (nSPS) is 30.7. The van der Waals surface area contributed by atoms with Crippen molar-refractivity contribution in [1.29, 1.82) is 0 Å². The SMILES string of the molecule is O=C(CNc1cccnc1)N[C@@H]1C[C@H]2CO[C@H](C3CC3)CN2C1. The minimum absolute atomic E-state index is 0.0401. The van der Waals surface area contributed by atoms with E-state index in [9.17, 15) is 4.79 Å². The minimum Gasteiger partial charge on any atom is -0.375 e. The van der Waals surface area contributed by atoms with Gasteiger partial charge < -0.3 is 15.4 Å². The second-order valence-electron chi connectivity index (χ2n) is 6.91. The Morgan fingerprint density at radius 3 is 3.09 bits per heavy atom. The van der Waals surface area contributed by atoms with Crippen LogP contribution >= 0.6 is 0 Å². The summed E-state index contributed by atoms with van der Waals surface area (Å²) < 4.78 is 6.00.